The van der Waals surface area contributed by atoms with Crippen molar-refractivity contribution in [3.8, 4) is 0 Å². The molecule has 3 heteroatoms. The van der Waals surface area contributed by atoms with Crippen LogP contribution in [0.3, 0.4) is 0 Å². The van der Waals surface area contributed by atoms with E-state index in [4.69, 9.17) is 4.74 Å². The fourth-order valence-corrected chi connectivity index (χ4v) is 1.21. The Kier molecular flexibility index (Phi) is 2.27. The smallest absolute Gasteiger partial charge is 0.302 e. The van der Waals surface area contributed by atoms with Crippen LogP contribution in [-0.2, 0) is 9.53 Å². The highest BCUT2D eigenvalue weighted by atomic mass is 16.5. The van der Waals surface area contributed by atoms with Crippen LogP contribution < -0.4 is 5.32 Å². The molecule has 1 rings (SSSR count). The van der Waals surface area contributed by atoms with Gasteiger partial charge in [0.1, 0.15) is 6.10 Å². The molecule has 2 atom stereocenters. The summed E-state index contributed by atoms with van der Waals surface area (Å²) >= 11 is 0. The minimum absolute atomic E-state index is 0.0949. The summed E-state index contributed by atoms with van der Waals surface area (Å²) in [5.41, 5.74) is 0. The number of carbonyl (C=O) groups is 1. The summed E-state index contributed by atoms with van der Waals surface area (Å²) in [7, 11) is 0. The lowest BCUT2D eigenvalue weighted by molar-refractivity contribution is -0.146. The summed E-state index contributed by atoms with van der Waals surface area (Å²) in [6.45, 7) is 4.44. The molecule has 1 saturated heterocycles. The number of hydrogen-bond acceptors (Lipinski definition) is 3. The zero-order chi connectivity index (χ0) is 7.56. The molecule has 0 aliphatic carbocycles. The lowest BCUT2D eigenvalue weighted by Crippen LogP contribution is -2.29. The minimum atomic E-state index is -0.180. The summed E-state index contributed by atoms with van der Waals surface area (Å²) in [6, 6.07) is 0.323. The molecular formula is C7H13NO2. The molecule has 58 valence electrons. The van der Waals surface area contributed by atoms with Gasteiger partial charge in [-0.3, -0.25) is 4.79 Å². The van der Waals surface area contributed by atoms with E-state index >= 15 is 0 Å². The van der Waals surface area contributed by atoms with Gasteiger partial charge in [0.2, 0.25) is 0 Å². The van der Waals surface area contributed by atoms with Crippen LogP contribution in [0.4, 0.5) is 0 Å². The van der Waals surface area contributed by atoms with E-state index in [0.717, 1.165) is 13.0 Å². The Balaban J connectivity index is 2.33. The van der Waals surface area contributed by atoms with Gasteiger partial charge in [0, 0.05) is 13.0 Å². The fraction of sp³-hybridized carbons (Fsp3) is 0.857. The third-order valence-corrected chi connectivity index (χ3v) is 1.77. The molecule has 0 amide bonds. The molecule has 1 N–H and O–H groups in total. The lowest BCUT2D eigenvalue weighted by Gasteiger charge is -2.13. The van der Waals surface area contributed by atoms with Gasteiger partial charge in [-0.1, -0.05) is 0 Å². The van der Waals surface area contributed by atoms with Crippen LogP contribution in [0.1, 0.15) is 20.3 Å². The highest BCUT2D eigenvalue weighted by Crippen LogP contribution is 2.10. The molecule has 0 aromatic heterocycles. The maximum absolute atomic E-state index is 10.5. The van der Waals surface area contributed by atoms with Gasteiger partial charge in [0.15, 0.2) is 0 Å². The Morgan fingerprint density at radius 1 is 1.70 bits per heavy atom. The molecule has 0 aromatic rings. The second-order valence-electron chi connectivity index (χ2n) is 2.68. The van der Waals surface area contributed by atoms with Gasteiger partial charge in [-0.25, -0.2) is 0 Å². The Labute approximate surface area is 60.7 Å². The van der Waals surface area contributed by atoms with Gasteiger partial charge < -0.3 is 10.1 Å². The van der Waals surface area contributed by atoms with E-state index in [0.29, 0.717) is 6.04 Å². The number of rotatable bonds is 1. The van der Waals surface area contributed by atoms with Crippen molar-refractivity contribution in [2.45, 2.75) is 32.4 Å². The predicted octanol–water partition coefficient (Wildman–Crippen LogP) is 0.300. The van der Waals surface area contributed by atoms with E-state index in [9.17, 15) is 4.79 Å². The number of esters is 1. The van der Waals surface area contributed by atoms with Gasteiger partial charge >= 0.3 is 5.97 Å². The van der Waals surface area contributed by atoms with Crippen molar-refractivity contribution in [1.29, 1.82) is 0 Å². The van der Waals surface area contributed by atoms with Crippen molar-refractivity contribution >= 4 is 5.97 Å². The highest BCUT2D eigenvalue weighted by Gasteiger charge is 2.24. The summed E-state index contributed by atoms with van der Waals surface area (Å²) in [6.07, 6.45) is 1.04. The maximum Gasteiger partial charge on any atom is 0.302 e. The lowest BCUT2D eigenvalue weighted by atomic mass is 10.2. The number of carbonyl (C=O) groups excluding carboxylic acids is 1. The van der Waals surface area contributed by atoms with Crippen LogP contribution >= 0.6 is 0 Å². The van der Waals surface area contributed by atoms with Crippen LogP contribution in [0.15, 0.2) is 0 Å². The van der Waals surface area contributed by atoms with E-state index in [1.165, 1.54) is 6.92 Å². The van der Waals surface area contributed by atoms with E-state index < -0.39 is 0 Å². The van der Waals surface area contributed by atoms with Crippen molar-refractivity contribution in [3.63, 3.8) is 0 Å². The first-order chi connectivity index (χ1) is 4.70. The maximum atomic E-state index is 10.5. The van der Waals surface area contributed by atoms with Crippen LogP contribution in [-0.4, -0.2) is 24.7 Å². The van der Waals surface area contributed by atoms with E-state index in [1.807, 2.05) is 6.92 Å². The van der Waals surface area contributed by atoms with Crippen molar-refractivity contribution in [1.82, 2.24) is 5.32 Å². The Morgan fingerprint density at radius 2 is 2.40 bits per heavy atom. The van der Waals surface area contributed by atoms with Gasteiger partial charge in [0.25, 0.3) is 0 Å². The SMILES string of the molecule is CC(=O)O[C@H]1CCN[C@H]1C. The number of hydrogen-bond donors (Lipinski definition) is 1. The first kappa shape index (κ1) is 7.54. The van der Waals surface area contributed by atoms with E-state index in [2.05, 4.69) is 5.32 Å². The Hall–Kier alpha value is -0.570. The Bertz CT molecular complexity index is 136. The summed E-state index contributed by atoms with van der Waals surface area (Å²) in [5, 5.41) is 3.20. The van der Waals surface area contributed by atoms with Crippen molar-refractivity contribution in [2.24, 2.45) is 0 Å². The fourth-order valence-electron chi connectivity index (χ4n) is 1.21. The third-order valence-electron chi connectivity index (χ3n) is 1.77. The Morgan fingerprint density at radius 3 is 2.80 bits per heavy atom. The molecule has 0 unspecified atom stereocenters. The zero-order valence-electron chi connectivity index (χ0n) is 6.39. The summed E-state index contributed by atoms with van der Waals surface area (Å²) in [4.78, 5) is 10.5. The molecule has 0 spiro atoms. The molecule has 0 bridgehead atoms. The third kappa shape index (κ3) is 1.70. The number of nitrogens with one attached hydrogen (secondary N) is 1. The molecular weight excluding hydrogens is 130 g/mol. The monoisotopic (exact) mass is 143 g/mol. The molecule has 0 saturated carbocycles. The van der Waals surface area contributed by atoms with E-state index in [1.54, 1.807) is 0 Å². The van der Waals surface area contributed by atoms with Gasteiger partial charge in [0.05, 0.1) is 0 Å². The summed E-state index contributed by atoms with van der Waals surface area (Å²) < 4.78 is 5.02. The van der Waals surface area contributed by atoms with Crippen LogP contribution in [0.2, 0.25) is 0 Å². The second kappa shape index (κ2) is 3.01. The minimum Gasteiger partial charge on any atom is -0.461 e. The number of ether oxygens (including phenoxy) is 1. The summed E-state index contributed by atoms with van der Waals surface area (Å²) in [5.74, 6) is -0.180. The first-order valence-corrected chi connectivity index (χ1v) is 3.61. The topological polar surface area (TPSA) is 38.3 Å². The van der Waals surface area contributed by atoms with Crippen LogP contribution in [0.25, 0.3) is 0 Å². The molecule has 1 aliphatic heterocycles. The van der Waals surface area contributed by atoms with Crippen molar-refractivity contribution in [2.75, 3.05) is 6.54 Å². The van der Waals surface area contributed by atoms with Crippen molar-refractivity contribution in [3.05, 3.63) is 0 Å². The normalized spacial score (nSPS) is 32.2. The zero-order valence-corrected chi connectivity index (χ0v) is 6.39. The average molecular weight is 143 g/mol. The van der Waals surface area contributed by atoms with Crippen LogP contribution in [0.5, 0.6) is 0 Å². The molecule has 10 heavy (non-hydrogen) atoms. The molecule has 1 aliphatic rings. The van der Waals surface area contributed by atoms with Gasteiger partial charge in [-0.15, -0.1) is 0 Å². The van der Waals surface area contributed by atoms with E-state index in [-0.39, 0.29) is 12.1 Å². The average Bonchev–Trinajstić information content (AvgIpc) is 2.15. The highest BCUT2D eigenvalue weighted by molar-refractivity contribution is 5.66. The molecule has 3 nitrogen and oxygen atoms in total. The second-order valence-corrected chi connectivity index (χ2v) is 2.68. The largest absolute Gasteiger partial charge is 0.461 e. The van der Waals surface area contributed by atoms with Crippen LogP contribution in [0, 0.1) is 0 Å². The van der Waals surface area contributed by atoms with Gasteiger partial charge in [-0.05, 0) is 19.9 Å². The molecule has 0 radical (unpaired) electrons. The molecule has 1 fully saturated rings. The molecule has 1 heterocycles. The standard InChI is InChI=1S/C7H13NO2/c1-5-7(3-4-8-5)10-6(2)9/h5,7-8H,3-4H2,1-2H3/t5-,7-/m0/s1. The first-order valence-electron chi connectivity index (χ1n) is 3.61. The molecule has 0 aromatic carbocycles. The van der Waals surface area contributed by atoms with Crippen molar-refractivity contribution < 1.29 is 9.53 Å². The predicted molar refractivity (Wildman–Crippen MR) is 37.6 cm³/mol. The van der Waals surface area contributed by atoms with Gasteiger partial charge in [-0.2, -0.15) is 0 Å². The quantitative estimate of drug-likeness (QED) is 0.536.